The van der Waals surface area contributed by atoms with E-state index in [4.69, 9.17) is 0 Å². The van der Waals surface area contributed by atoms with Gasteiger partial charge in [-0.3, -0.25) is 0 Å². The number of hydrogen-bond acceptors (Lipinski definition) is 1. The van der Waals surface area contributed by atoms with Gasteiger partial charge in [-0.25, -0.2) is 4.39 Å². The third-order valence-electron chi connectivity index (χ3n) is 3.90. The van der Waals surface area contributed by atoms with Crippen molar-refractivity contribution in [1.82, 2.24) is 5.32 Å². The molecular formula is C19H24FN. The van der Waals surface area contributed by atoms with Crippen LogP contribution in [0.15, 0.2) is 30.3 Å². The Labute approximate surface area is 127 Å². The average Bonchev–Trinajstić information content (AvgIpc) is 2.39. The van der Waals surface area contributed by atoms with E-state index in [1.807, 2.05) is 19.1 Å². The molecular weight excluding hydrogens is 261 g/mol. The summed E-state index contributed by atoms with van der Waals surface area (Å²) in [5, 5.41) is 3.44. The Kier molecular flexibility index (Phi) is 4.79. The largest absolute Gasteiger partial charge is 0.306 e. The van der Waals surface area contributed by atoms with Gasteiger partial charge >= 0.3 is 0 Å². The quantitative estimate of drug-likeness (QED) is 0.854. The van der Waals surface area contributed by atoms with Gasteiger partial charge in [-0.2, -0.15) is 0 Å². The monoisotopic (exact) mass is 285 g/mol. The minimum absolute atomic E-state index is 0.101. The maximum absolute atomic E-state index is 14.3. The van der Waals surface area contributed by atoms with Crippen LogP contribution >= 0.6 is 0 Å². The highest BCUT2D eigenvalue weighted by Gasteiger charge is 2.21. The highest BCUT2D eigenvalue weighted by Crippen LogP contribution is 2.30. The third-order valence-corrected chi connectivity index (χ3v) is 3.90. The molecule has 0 aromatic heterocycles. The first-order valence-corrected chi connectivity index (χ1v) is 7.51. The van der Waals surface area contributed by atoms with Crippen molar-refractivity contribution in [2.24, 2.45) is 0 Å². The summed E-state index contributed by atoms with van der Waals surface area (Å²) >= 11 is 0. The normalized spacial score (nSPS) is 12.5. The first-order valence-electron chi connectivity index (χ1n) is 7.51. The number of nitrogens with one attached hydrogen (secondary N) is 1. The number of aryl methyl sites for hydroxylation is 4. The van der Waals surface area contributed by atoms with E-state index in [1.54, 1.807) is 6.07 Å². The van der Waals surface area contributed by atoms with Crippen LogP contribution in [0.2, 0.25) is 0 Å². The maximum Gasteiger partial charge on any atom is 0.128 e. The van der Waals surface area contributed by atoms with Gasteiger partial charge < -0.3 is 5.32 Å². The fourth-order valence-corrected chi connectivity index (χ4v) is 3.10. The Balaban J connectivity index is 2.61. The molecule has 0 radical (unpaired) electrons. The lowest BCUT2D eigenvalue weighted by atomic mass is 9.89. The van der Waals surface area contributed by atoms with Crippen molar-refractivity contribution in [2.75, 3.05) is 6.54 Å². The van der Waals surface area contributed by atoms with Crippen molar-refractivity contribution in [3.63, 3.8) is 0 Å². The molecule has 0 amide bonds. The van der Waals surface area contributed by atoms with Gasteiger partial charge in [-0.05, 0) is 57.0 Å². The lowest BCUT2D eigenvalue weighted by Gasteiger charge is -2.24. The molecule has 1 N–H and O–H groups in total. The van der Waals surface area contributed by atoms with Crippen molar-refractivity contribution in [2.45, 2.75) is 40.7 Å². The van der Waals surface area contributed by atoms with Crippen molar-refractivity contribution in [3.05, 3.63) is 69.5 Å². The van der Waals surface area contributed by atoms with E-state index in [-0.39, 0.29) is 11.9 Å². The summed E-state index contributed by atoms with van der Waals surface area (Å²) in [6.07, 6.45) is 0. The zero-order valence-electron chi connectivity index (χ0n) is 13.5. The summed E-state index contributed by atoms with van der Waals surface area (Å²) in [4.78, 5) is 0. The third kappa shape index (κ3) is 3.33. The highest BCUT2D eigenvalue weighted by molar-refractivity contribution is 5.45. The Morgan fingerprint density at radius 3 is 2.14 bits per heavy atom. The van der Waals surface area contributed by atoms with Gasteiger partial charge in [0, 0.05) is 5.56 Å². The SMILES string of the molecule is CCNC(c1cc(C)ccc1F)c1c(C)cc(C)cc1C. The van der Waals surface area contributed by atoms with Gasteiger partial charge in [-0.15, -0.1) is 0 Å². The first kappa shape index (κ1) is 15.7. The molecule has 2 heteroatoms. The molecule has 2 aromatic carbocycles. The second-order valence-corrected chi connectivity index (χ2v) is 5.83. The highest BCUT2D eigenvalue weighted by atomic mass is 19.1. The molecule has 1 atom stereocenters. The molecule has 21 heavy (non-hydrogen) atoms. The van der Waals surface area contributed by atoms with Crippen molar-refractivity contribution in [3.8, 4) is 0 Å². The lowest BCUT2D eigenvalue weighted by molar-refractivity contribution is 0.556. The lowest BCUT2D eigenvalue weighted by Crippen LogP contribution is -2.25. The molecule has 112 valence electrons. The minimum atomic E-state index is -0.147. The van der Waals surface area contributed by atoms with Crippen LogP contribution in [0.1, 0.15) is 46.3 Å². The van der Waals surface area contributed by atoms with Gasteiger partial charge in [0.15, 0.2) is 0 Å². The fourth-order valence-electron chi connectivity index (χ4n) is 3.10. The van der Waals surface area contributed by atoms with Crippen LogP contribution in [-0.4, -0.2) is 6.54 Å². The van der Waals surface area contributed by atoms with Crippen LogP contribution in [-0.2, 0) is 0 Å². The number of halogens is 1. The predicted molar refractivity (Wildman–Crippen MR) is 87.3 cm³/mol. The van der Waals surface area contributed by atoms with Gasteiger partial charge in [0.2, 0.25) is 0 Å². The van der Waals surface area contributed by atoms with Gasteiger partial charge in [0.25, 0.3) is 0 Å². The number of rotatable bonds is 4. The van der Waals surface area contributed by atoms with Crippen LogP contribution in [0.4, 0.5) is 4.39 Å². The molecule has 0 bridgehead atoms. The summed E-state index contributed by atoms with van der Waals surface area (Å²) in [5.74, 6) is -0.147. The van der Waals surface area contributed by atoms with Gasteiger partial charge in [0.1, 0.15) is 5.82 Å². The molecule has 2 aromatic rings. The summed E-state index contributed by atoms with van der Waals surface area (Å²) < 4.78 is 14.3. The Morgan fingerprint density at radius 1 is 0.952 bits per heavy atom. The Morgan fingerprint density at radius 2 is 1.57 bits per heavy atom. The molecule has 2 rings (SSSR count). The van der Waals surface area contributed by atoms with E-state index < -0.39 is 0 Å². The maximum atomic E-state index is 14.3. The van der Waals surface area contributed by atoms with Crippen molar-refractivity contribution >= 4 is 0 Å². The summed E-state index contributed by atoms with van der Waals surface area (Å²) in [6, 6.07) is 9.56. The smallest absolute Gasteiger partial charge is 0.128 e. The zero-order valence-corrected chi connectivity index (χ0v) is 13.5. The second kappa shape index (κ2) is 6.40. The molecule has 1 unspecified atom stereocenters. The summed E-state index contributed by atoms with van der Waals surface area (Å²) in [5.41, 5.74) is 6.66. The zero-order chi connectivity index (χ0) is 15.6. The van der Waals surface area contributed by atoms with E-state index in [2.05, 4.69) is 45.1 Å². The van der Waals surface area contributed by atoms with Crippen LogP contribution in [0, 0.1) is 33.5 Å². The van der Waals surface area contributed by atoms with Crippen molar-refractivity contribution in [1.29, 1.82) is 0 Å². The molecule has 0 heterocycles. The minimum Gasteiger partial charge on any atom is -0.306 e. The molecule has 1 nitrogen and oxygen atoms in total. The number of hydrogen-bond donors (Lipinski definition) is 1. The van der Waals surface area contributed by atoms with Crippen LogP contribution in [0.3, 0.4) is 0 Å². The first-order chi connectivity index (χ1) is 9.93. The standard InChI is InChI=1S/C19H24FN/c1-6-21-19(16-11-12(2)7-8-17(16)20)18-14(4)9-13(3)10-15(18)5/h7-11,19,21H,6H2,1-5H3. The van der Waals surface area contributed by atoms with Gasteiger partial charge in [0.05, 0.1) is 6.04 Å². The molecule has 0 fully saturated rings. The van der Waals surface area contributed by atoms with E-state index in [9.17, 15) is 4.39 Å². The van der Waals surface area contributed by atoms with Crippen molar-refractivity contribution < 1.29 is 4.39 Å². The molecule has 0 aliphatic rings. The van der Waals surface area contributed by atoms with Crippen LogP contribution < -0.4 is 5.32 Å². The van der Waals surface area contributed by atoms with E-state index >= 15 is 0 Å². The Hall–Kier alpha value is -1.67. The van der Waals surface area contributed by atoms with Crippen LogP contribution in [0.25, 0.3) is 0 Å². The van der Waals surface area contributed by atoms with Crippen LogP contribution in [0.5, 0.6) is 0 Å². The summed E-state index contributed by atoms with van der Waals surface area (Å²) in [6.45, 7) is 11.2. The fraction of sp³-hybridized carbons (Fsp3) is 0.368. The van der Waals surface area contributed by atoms with E-state index in [1.165, 1.54) is 22.3 Å². The van der Waals surface area contributed by atoms with Gasteiger partial charge in [-0.1, -0.05) is 42.3 Å². The molecule has 0 aliphatic heterocycles. The van der Waals surface area contributed by atoms with E-state index in [0.29, 0.717) is 0 Å². The van der Waals surface area contributed by atoms with E-state index in [0.717, 1.165) is 17.7 Å². The Bertz CT molecular complexity index is 623. The topological polar surface area (TPSA) is 12.0 Å². The molecule has 0 saturated heterocycles. The predicted octanol–water partition coefficient (Wildman–Crippen LogP) is 4.76. The number of benzene rings is 2. The molecule has 0 aliphatic carbocycles. The molecule has 0 spiro atoms. The second-order valence-electron chi connectivity index (χ2n) is 5.83. The average molecular weight is 285 g/mol. The molecule has 0 saturated carbocycles. The summed E-state index contributed by atoms with van der Waals surface area (Å²) in [7, 11) is 0.